The van der Waals surface area contributed by atoms with Crippen LogP contribution in [0.25, 0.3) is 55.8 Å². The number of methoxy groups -OCH3 is 5. The minimum Gasteiger partial charge on any atom is -0.461 e. The zero-order valence-electron chi connectivity index (χ0n) is 70.4. The van der Waals surface area contributed by atoms with Crippen molar-refractivity contribution >= 4 is 124 Å². The van der Waals surface area contributed by atoms with Gasteiger partial charge in [-0.25, -0.2) is 24.7 Å². The van der Waals surface area contributed by atoms with E-state index in [1.807, 2.05) is 13.7 Å². The number of aliphatic hydroxyl groups excluding tert-OH is 1. The predicted molar refractivity (Wildman–Crippen MR) is 455 cm³/mol. The van der Waals surface area contributed by atoms with Crippen LogP contribution in [0, 0.1) is 0 Å². The Morgan fingerprint density at radius 2 is 0.806 bits per heavy atom. The van der Waals surface area contributed by atoms with Gasteiger partial charge < -0.3 is 142 Å². The second-order valence-electron chi connectivity index (χ2n) is 28.0. The maximum absolute atomic E-state index is 12.8. The molecular weight excluding hydrogens is 1760 g/mol. The summed E-state index contributed by atoms with van der Waals surface area (Å²) in [6.45, 7) is 11.9. The van der Waals surface area contributed by atoms with Crippen LogP contribution in [0.2, 0.25) is 0 Å². The summed E-state index contributed by atoms with van der Waals surface area (Å²) in [6, 6.07) is 0.181. The highest BCUT2D eigenvalue weighted by atomic mass is 79.9. The molecule has 4 aliphatic rings. The average molecular weight is 1880 g/mol. The molecule has 0 aromatic carbocycles. The molecule has 4 fully saturated rings. The molecule has 4 aliphatic carbocycles. The van der Waals surface area contributed by atoms with E-state index in [-0.39, 0.29) is 135 Å². The number of nitrogens with two attached hydrogens (primary N) is 5. The fourth-order valence-corrected chi connectivity index (χ4v) is 17.9. The van der Waals surface area contributed by atoms with E-state index < -0.39 is 47.0 Å². The fourth-order valence-electron chi connectivity index (χ4n) is 14.1. The Bertz CT molecular complexity index is 5250. The lowest BCUT2D eigenvalue weighted by molar-refractivity contribution is 0.0449. The van der Waals surface area contributed by atoms with Crippen molar-refractivity contribution in [3.05, 3.63) is 34.2 Å². The van der Waals surface area contributed by atoms with Crippen molar-refractivity contribution in [2.24, 2.45) is 0 Å². The van der Waals surface area contributed by atoms with Crippen LogP contribution in [-0.4, -0.2) is 284 Å². The van der Waals surface area contributed by atoms with Gasteiger partial charge in [-0.3, -0.25) is 22.8 Å². The van der Waals surface area contributed by atoms with E-state index in [1.54, 1.807) is 68.8 Å². The first kappa shape index (κ1) is 97.3. The van der Waals surface area contributed by atoms with Gasteiger partial charge in [0.15, 0.2) is 78.6 Å². The molecule has 14 rings (SSSR count). The van der Waals surface area contributed by atoms with Crippen molar-refractivity contribution in [1.82, 2.24) is 98.0 Å². The molecule has 49 nitrogen and oxygen atoms in total. The average Bonchev–Trinajstić information content (AvgIpc) is 1.62. The standard InChI is InChI=1S/C18H29BrN5O6P.C18H30N5O6P.C14H22N5O7P.C13H19N5O3.C8H11N5O2.H2/c1-4-29-31(25,30-5-2)11-28-13-8-6-7-12(13)24-16-14(21-17(24)19)15(20)22-18(23-16)27-10-9-26-3;1-4-28-30(24,29-5-2)12-27-14-8-6-7-13(14)23-11-20-15-16(19)21-18(22-17(15)23)26-10-9-25-3;1-24-5-6-25-13-17-11(15)10-12(18-13)19(14(20)16-10)8-3-2-4-9(8)26-7-27(21,22)23;1-20-5-6-21-13-16-11(14)10-12(17-13)18(7-15-10)8-3-2-4-9(8)19;1-14-2-3-15-8-12-6(9)5-7(13-8)11-4-10-5;/h12-13H,4-11H2,1-3H3,(H2,20,22,23);11,13-14H,4-10,12H2,1-3H3,(H2,19,21,22);8-9H,2-7H2,1H3,(H,16,20)(H2,15,17,18)(H2,21,22,23);7-9,19H,2-6H2,1H3,(H2,14,16,17);4H,2-3H2,1H3,(H3,9,10,11,12,13);1H/t12-,13-;13-,14-;2*8-,9-;;/m1111../s1/i;;;;;1+2. The smallest absolute Gasteiger partial charge is 0.356 e. The molecule has 0 spiro atoms. The van der Waals surface area contributed by atoms with Gasteiger partial charge in [0, 0.05) is 37.0 Å². The van der Waals surface area contributed by atoms with E-state index in [0.29, 0.717) is 141 Å². The molecule has 10 heterocycles. The third kappa shape index (κ3) is 25.9. The first-order valence-corrected chi connectivity index (χ1v) is 46.2. The quantitative estimate of drug-likeness (QED) is 0.0105. The number of aromatic nitrogens is 20. The first-order valence-electron chi connectivity index (χ1n) is 40.1. The van der Waals surface area contributed by atoms with Gasteiger partial charge in [-0.15, -0.1) is 0 Å². The molecule has 10 aromatic heterocycles. The number of rotatable bonds is 41. The highest BCUT2D eigenvalue weighted by Crippen LogP contribution is 2.51. The molecule has 53 heteroatoms. The number of aliphatic hydroxyl groups is 1. The fraction of sp³-hybridized carbons (Fsp3) is 0.648. The molecule has 0 radical (unpaired) electrons. The molecule has 0 aliphatic heterocycles. The van der Waals surface area contributed by atoms with Gasteiger partial charge in [0.2, 0.25) is 0 Å². The van der Waals surface area contributed by atoms with Crippen LogP contribution in [0.4, 0.5) is 29.1 Å². The van der Waals surface area contributed by atoms with Crippen LogP contribution in [0.3, 0.4) is 0 Å². The molecule has 688 valence electrons. The third-order valence-corrected chi connectivity index (χ3v) is 24.1. The van der Waals surface area contributed by atoms with E-state index in [2.05, 4.69) is 95.7 Å². The van der Waals surface area contributed by atoms with Crippen LogP contribution in [0.5, 0.6) is 30.1 Å². The second-order valence-corrected chi connectivity index (χ2v) is 34.2. The van der Waals surface area contributed by atoms with Gasteiger partial charge in [0.1, 0.15) is 63.1 Å². The highest BCUT2D eigenvalue weighted by Gasteiger charge is 2.39. The summed E-state index contributed by atoms with van der Waals surface area (Å²) in [5.74, 6) is 1.14. The SMILES string of the molecule is CCOP(=O)(CO[C@@H]1CCC[C@H]1n1c(Br)nc2c(N)nc(OCCOC)nc21)OCC.CCOP(=O)(CO[C@@H]1CCC[C@H]1n1cnc2c(N)nc(OCCOC)nc21)OCC.COCCOc1nc(N)c2[nH]c(=O)n([C@@H]3CCC[C@H]3OCP(=O)(O)O)c2n1.COCCOc1nc(N)c2[nH]cnc2n1.COCCOc1nc(N)c2ncn([C@@H]3CCC[C@H]3O)c2n1.[3HH]. The molecule has 10 aromatic rings. The zero-order valence-corrected chi connectivity index (χ0v) is 74.7. The summed E-state index contributed by atoms with van der Waals surface area (Å²) in [4.78, 5) is 95.2. The molecule has 124 heavy (non-hydrogen) atoms. The number of ether oxygens (including phenoxy) is 13. The summed E-state index contributed by atoms with van der Waals surface area (Å²) < 4.78 is 135. The van der Waals surface area contributed by atoms with Crippen molar-refractivity contribution in [3.8, 4) is 30.1 Å². The number of nitrogens with zero attached hydrogens (tertiary/aromatic N) is 18. The van der Waals surface area contributed by atoms with Gasteiger partial charge in [0.25, 0.3) is 0 Å². The molecule has 15 N–H and O–H groups in total. The number of nitrogens with one attached hydrogen (secondary N) is 2. The molecule has 0 unspecified atom stereocenters. The highest BCUT2D eigenvalue weighted by molar-refractivity contribution is 9.10. The predicted octanol–water partition coefficient (Wildman–Crippen LogP) is 7.00. The molecule has 0 saturated heterocycles. The number of hydrogen-bond donors (Lipinski definition) is 10. The first-order chi connectivity index (χ1) is 59.7. The second kappa shape index (κ2) is 47.1. The van der Waals surface area contributed by atoms with Crippen LogP contribution < -0.4 is 58.0 Å². The largest absolute Gasteiger partial charge is 0.461 e. The summed E-state index contributed by atoms with van der Waals surface area (Å²) in [6.07, 6.45) is 12.5. The van der Waals surface area contributed by atoms with Gasteiger partial charge in [-0.2, -0.15) is 49.8 Å². The van der Waals surface area contributed by atoms with Crippen molar-refractivity contribution in [3.63, 3.8) is 0 Å². The molecule has 0 bridgehead atoms. The van der Waals surface area contributed by atoms with Crippen LogP contribution in [0.1, 0.15) is 130 Å². The number of hydrogen-bond acceptors (Lipinski definition) is 41. The Balaban J connectivity index is 0.000000180. The number of halogens is 1. The van der Waals surface area contributed by atoms with Crippen molar-refractivity contribution in [2.45, 2.75) is 153 Å². The number of anilines is 5. The normalized spacial score (nSPS) is 19.0. The summed E-state index contributed by atoms with van der Waals surface area (Å²) in [5, 5.41) is 10.1. The Labute approximate surface area is 721 Å². The van der Waals surface area contributed by atoms with Crippen molar-refractivity contribution in [2.75, 3.05) is 176 Å². The lowest BCUT2D eigenvalue weighted by Gasteiger charge is -2.25. The Hall–Kier alpha value is -8.88. The Kier molecular flexibility index (Phi) is 36.9. The Morgan fingerprint density at radius 1 is 0.435 bits per heavy atom. The lowest BCUT2D eigenvalue weighted by atomic mass is 10.2. The topological polar surface area (TPSA) is 648 Å². The number of nitrogen functional groups attached to an aromatic ring is 5. The van der Waals surface area contributed by atoms with Gasteiger partial charge in [0.05, 0.1) is 127 Å². The minimum atomic E-state index is -4.31. The van der Waals surface area contributed by atoms with E-state index in [4.69, 9.17) is 118 Å². The van der Waals surface area contributed by atoms with Crippen molar-refractivity contribution in [1.29, 1.82) is 0 Å². The maximum atomic E-state index is 12.8. The molecule has 8 atom stereocenters. The van der Waals surface area contributed by atoms with Crippen LogP contribution in [0.15, 0.2) is 28.5 Å². The number of imidazole rings is 5. The summed E-state index contributed by atoms with van der Waals surface area (Å²) in [7, 11) is -2.99. The van der Waals surface area contributed by atoms with E-state index >= 15 is 0 Å². The zero-order chi connectivity index (χ0) is 89.1. The minimum absolute atomic E-state index is 0. The van der Waals surface area contributed by atoms with Crippen LogP contribution >= 0.6 is 38.7 Å². The van der Waals surface area contributed by atoms with E-state index in [9.17, 15) is 23.6 Å². The molecular formula is C71H113BrN25O24P3. The third-order valence-electron chi connectivity index (χ3n) is 19.5. The monoisotopic (exact) mass is 1870 g/mol. The van der Waals surface area contributed by atoms with Gasteiger partial charge in [-0.1, -0.05) is 0 Å². The van der Waals surface area contributed by atoms with E-state index in [0.717, 1.165) is 64.2 Å². The number of aromatic amines is 2. The molecule has 0 amide bonds. The number of fused-ring (bicyclic) bond motifs is 5. The van der Waals surface area contributed by atoms with E-state index in [1.165, 1.54) is 18.0 Å². The van der Waals surface area contributed by atoms with Gasteiger partial charge in [-0.05, 0) is 121 Å². The number of H-pyrrole nitrogens is 2. The summed E-state index contributed by atoms with van der Waals surface area (Å²) in [5.41, 5.74) is 34.1. The van der Waals surface area contributed by atoms with Crippen molar-refractivity contribution < 1.29 is 110 Å². The maximum Gasteiger partial charge on any atom is 0.356 e. The van der Waals surface area contributed by atoms with Gasteiger partial charge >= 0.3 is 58.5 Å². The summed E-state index contributed by atoms with van der Waals surface area (Å²) >= 11 is 3.52. The lowest BCUT2D eigenvalue weighted by Crippen LogP contribution is -2.29. The van der Waals surface area contributed by atoms with Crippen LogP contribution in [-0.2, 0) is 69.7 Å². The Morgan fingerprint density at radius 3 is 1.24 bits per heavy atom. The molecule has 4 saturated carbocycles.